The second-order valence-electron chi connectivity index (χ2n) is 5.34. The van der Waals surface area contributed by atoms with E-state index in [-0.39, 0.29) is 0 Å². The van der Waals surface area contributed by atoms with Crippen LogP contribution < -0.4 is 0 Å². The molecular weight excluding hydrogens is 308 g/mol. The lowest BCUT2D eigenvalue weighted by atomic mass is 10.1. The Balaban J connectivity index is 1.79. The molecule has 4 nitrogen and oxygen atoms in total. The van der Waals surface area contributed by atoms with Gasteiger partial charge in [-0.2, -0.15) is 5.10 Å². The lowest BCUT2D eigenvalue weighted by molar-refractivity contribution is 0.914. The highest BCUT2D eigenvalue weighted by Gasteiger charge is 2.05. The summed E-state index contributed by atoms with van der Waals surface area (Å²) in [4.78, 5) is 8.80. The highest BCUT2D eigenvalue weighted by Crippen LogP contribution is 2.22. The number of imidazole rings is 1. The largest absolute Gasteiger partial charge is 0.235 e. The third-order valence-corrected chi connectivity index (χ3v) is 4.09. The van der Waals surface area contributed by atoms with Gasteiger partial charge in [0.05, 0.1) is 22.8 Å². The van der Waals surface area contributed by atoms with Crippen LogP contribution in [0, 0.1) is 6.92 Å². The summed E-state index contributed by atoms with van der Waals surface area (Å²) in [7, 11) is 0. The highest BCUT2D eigenvalue weighted by molar-refractivity contribution is 6.32. The van der Waals surface area contributed by atoms with Gasteiger partial charge in [-0.1, -0.05) is 41.9 Å². The maximum absolute atomic E-state index is 6.31. The molecule has 0 unspecified atom stereocenters. The van der Waals surface area contributed by atoms with Crippen molar-refractivity contribution in [3.8, 4) is 0 Å². The number of rotatable bonds is 2. The molecule has 0 N–H and O–H groups in total. The first-order chi connectivity index (χ1) is 11.2. The van der Waals surface area contributed by atoms with Gasteiger partial charge < -0.3 is 0 Å². The number of hydrogen-bond acceptors (Lipinski definition) is 3. The van der Waals surface area contributed by atoms with Gasteiger partial charge in [0.25, 0.3) is 0 Å². The molecule has 0 atom stereocenters. The average molecular weight is 321 g/mol. The fourth-order valence-corrected chi connectivity index (χ4v) is 2.78. The number of para-hydroxylation sites is 3. The van der Waals surface area contributed by atoms with E-state index in [0.717, 1.165) is 33.1 Å². The van der Waals surface area contributed by atoms with E-state index in [1.165, 1.54) is 0 Å². The summed E-state index contributed by atoms with van der Waals surface area (Å²) in [6.07, 6.45) is 3.40. The molecule has 0 aliphatic carbocycles. The van der Waals surface area contributed by atoms with Crippen LogP contribution in [0.25, 0.3) is 21.9 Å². The van der Waals surface area contributed by atoms with Crippen LogP contribution in [-0.4, -0.2) is 20.9 Å². The monoisotopic (exact) mass is 320 g/mol. The Morgan fingerprint density at radius 1 is 1.13 bits per heavy atom. The number of hydrogen-bond donors (Lipinski definition) is 0. The Labute approximate surface area is 138 Å². The normalized spacial score (nSPS) is 11.7. The van der Waals surface area contributed by atoms with Crippen molar-refractivity contribution in [1.29, 1.82) is 0 Å². The van der Waals surface area contributed by atoms with Gasteiger partial charge in [0.15, 0.2) is 0 Å². The first-order valence-corrected chi connectivity index (χ1v) is 7.62. The van der Waals surface area contributed by atoms with Crippen molar-refractivity contribution in [2.24, 2.45) is 5.10 Å². The van der Waals surface area contributed by atoms with Gasteiger partial charge in [-0.3, -0.25) is 0 Å². The summed E-state index contributed by atoms with van der Waals surface area (Å²) in [5.41, 5.74) is 4.66. The molecule has 0 fully saturated rings. The second kappa shape index (κ2) is 5.48. The van der Waals surface area contributed by atoms with Gasteiger partial charge in [0.2, 0.25) is 0 Å². The van der Waals surface area contributed by atoms with E-state index in [9.17, 15) is 0 Å². The molecule has 0 saturated carbocycles. The number of nitrogens with zero attached hydrogens (tertiary/aromatic N) is 4. The molecule has 2 heterocycles. The maximum Gasteiger partial charge on any atom is 0.138 e. The highest BCUT2D eigenvalue weighted by atomic mass is 35.5. The van der Waals surface area contributed by atoms with Crippen LogP contribution in [0.3, 0.4) is 0 Å². The summed E-state index contributed by atoms with van der Waals surface area (Å²) >= 11 is 6.31. The van der Waals surface area contributed by atoms with Crippen LogP contribution in [0.1, 0.15) is 11.1 Å². The zero-order valence-corrected chi connectivity index (χ0v) is 13.2. The second-order valence-corrected chi connectivity index (χ2v) is 5.70. The van der Waals surface area contributed by atoms with Crippen molar-refractivity contribution in [1.82, 2.24) is 14.6 Å². The van der Waals surface area contributed by atoms with Crippen molar-refractivity contribution in [3.05, 3.63) is 71.1 Å². The van der Waals surface area contributed by atoms with Crippen molar-refractivity contribution in [3.63, 3.8) is 0 Å². The number of aromatic nitrogens is 3. The minimum Gasteiger partial charge on any atom is -0.235 e. The Bertz CT molecular complexity index is 1050. The van der Waals surface area contributed by atoms with E-state index in [4.69, 9.17) is 11.6 Å². The molecule has 0 saturated heterocycles. The molecule has 4 aromatic rings. The van der Waals surface area contributed by atoms with Crippen molar-refractivity contribution in [2.75, 3.05) is 0 Å². The number of benzene rings is 2. The Morgan fingerprint density at radius 2 is 2.00 bits per heavy atom. The van der Waals surface area contributed by atoms with Crippen molar-refractivity contribution in [2.45, 2.75) is 6.92 Å². The molecule has 0 amide bonds. The Hall–Kier alpha value is -2.72. The number of aryl methyl sites for hydroxylation is 1. The lowest BCUT2D eigenvalue weighted by Crippen LogP contribution is -1.93. The quantitative estimate of drug-likeness (QED) is 0.405. The van der Waals surface area contributed by atoms with Crippen LogP contribution in [0.2, 0.25) is 5.15 Å². The SMILES string of the molecule is Cc1cccc2cc(/C=N\n3cnc4ccccc43)c(Cl)nc12. The lowest BCUT2D eigenvalue weighted by Gasteiger charge is -2.04. The fraction of sp³-hybridized carbons (Fsp3) is 0.0556. The van der Waals surface area contributed by atoms with Crippen LogP contribution in [-0.2, 0) is 0 Å². The van der Waals surface area contributed by atoms with Crippen molar-refractivity contribution >= 4 is 39.8 Å². The topological polar surface area (TPSA) is 43.1 Å². The summed E-state index contributed by atoms with van der Waals surface area (Å²) in [5.74, 6) is 0. The van der Waals surface area contributed by atoms with Crippen molar-refractivity contribution < 1.29 is 0 Å². The van der Waals surface area contributed by atoms with Gasteiger partial charge in [-0.05, 0) is 30.7 Å². The minimum absolute atomic E-state index is 0.444. The van der Waals surface area contributed by atoms with Gasteiger partial charge in [-0.15, -0.1) is 0 Å². The third-order valence-electron chi connectivity index (χ3n) is 3.78. The molecule has 0 bridgehead atoms. The van der Waals surface area contributed by atoms with E-state index in [1.807, 2.05) is 55.5 Å². The number of fused-ring (bicyclic) bond motifs is 2. The average Bonchev–Trinajstić information content (AvgIpc) is 2.97. The summed E-state index contributed by atoms with van der Waals surface area (Å²) < 4.78 is 1.73. The number of pyridine rings is 1. The molecule has 2 aromatic carbocycles. The van der Waals surface area contributed by atoms with E-state index >= 15 is 0 Å². The molecule has 0 aliphatic rings. The standard InChI is InChI=1S/C18H13ClN4/c1-12-5-4-6-13-9-14(18(19)22-17(12)13)10-21-23-11-20-15-7-2-3-8-16(15)23/h2-11H,1H3/b21-10-. The van der Waals surface area contributed by atoms with E-state index < -0.39 is 0 Å². The molecule has 23 heavy (non-hydrogen) atoms. The summed E-state index contributed by atoms with van der Waals surface area (Å²) in [6.45, 7) is 2.02. The smallest absolute Gasteiger partial charge is 0.138 e. The van der Waals surface area contributed by atoms with Crippen LogP contribution in [0.15, 0.2) is 60.0 Å². The summed E-state index contributed by atoms with van der Waals surface area (Å²) in [5, 5.41) is 5.95. The molecule has 0 spiro atoms. The molecule has 112 valence electrons. The predicted octanol–water partition coefficient (Wildman–Crippen LogP) is 4.43. The van der Waals surface area contributed by atoms with Crippen LogP contribution in [0.5, 0.6) is 0 Å². The van der Waals surface area contributed by atoms with Gasteiger partial charge in [0, 0.05) is 10.9 Å². The maximum atomic E-state index is 6.31. The van der Waals surface area contributed by atoms with Gasteiger partial charge in [0.1, 0.15) is 11.5 Å². The third kappa shape index (κ3) is 2.47. The first kappa shape index (κ1) is 13.9. The zero-order chi connectivity index (χ0) is 15.8. The molecule has 0 radical (unpaired) electrons. The van der Waals surface area contributed by atoms with Crippen LogP contribution in [0.4, 0.5) is 0 Å². The van der Waals surface area contributed by atoms with E-state index in [1.54, 1.807) is 17.2 Å². The molecular formula is C18H13ClN4. The van der Waals surface area contributed by atoms with E-state index in [2.05, 4.69) is 15.1 Å². The minimum atomic E-state index is 0.444. The van der Waals surface area contributed by atoms with Gasteiger partial charge >= 0.3 is 0 Å². The first-order valence-electron chi connectivity index (χ1n) is 7.25. The number of halogens is 1. The molecule has 2 aromatic heterocycles. The molecule has 4 rings (SSSR count). The predicted molar refractivity (Wildman–Crippen MR) is 94.2 cm³/mol. The fourth-order valence-electron chi connectivity index (χ4n) is 2.59. The summed E-state index contributed by atoms with van der Waals surface area (Å²) in [6, 6.07) is 15.9. The Morgan fingerprint density at radius 3 is 2.91 bits per heavy atom. The molecule has 5 heteroatoms. The van der Waals surface area contributed by atoms with Crippen LogP contribution >= 0.6 is 11.6 Å². The molecule has 0 aliphatic heterocycles. The van der Waals surface area contributed by atoms with Gasteiger partial charge in [-0.25, -0.2) is 14.6 Å². The zero-order valence-electron chi connectivity index (χ0n) is 12.4. The Kier molecular flexibility index (Phi) is 3.32. The van der Waals surface area contributed by atoms with E-state index in [0.29, 0.717) is 5.15 Å².